The average molecular weight is 343 g/mol. The van der Waals surface area contributed by atoms with Crippen molar-refractivity contribution in [3.05, 3.63) is 74.3 Å². The summed E-state index contributed by atoms with van der Waals surface area (Å²) in [4.78, 5) is 12.2. The lowest BCUT2D eigenvalue weighted by molar-refractivity contribution is -0.991. The van der Waals surface area contributed by atoms with Crippen molar-refractivity contribution in [1.29, 1.82) is 5.26 Å². The number of nitriles is 1. The summed E-state index contributed by atoms with van der Waals surface area (Å²) in [5, 5.41) is 38.5. The summed E-state index contributed by atoms with van der Waals surface area (Å²) < 4.78 is 10.7. The SMILES string of the molecule is N#CC1=C(N)Oc2c(oc(CO)cc2=O)C1c1ccccc1[NH+]([O-])O. The Balaban J connectivity index is 2.34. The van der Waals surface area contributed by atoms with Gasteiger partial charge < -0.3 is 25.2 Å². The van der Waals surface area contributed by atoms with Gasteiger partial charge in [0.15, 0.2) is 11.4 Å². The summed E-state index contributed by atoms with van der Waals surface area (Å²) in [5.74, 6) is -1.69. The minimum absolute atomic E-state index is 0.0390. The van der Waals surface area contributed by atoms with Crippen molar-refractivity contribution in [2.75, 3.05) is 0 Å². The van der Waals surface area contributed by atoms with Crippen molar-refractivity contribution in [2.24, 2.45) is 5.73 Å². The van der Waals surface area contributed by atoms with Crippen LogP contribution in [0.5, 0.6) is 5.75 Å². The summed E-state index contributed by atoms with van der Waals surface area (Å²) in [5.41, 5.74) is 5.23. The highest BCUT2D eigenvalue weighted by molar-refractivity contribution is 5.57. The third-order valence-electron chi connectivity index (χ3n) is 3.79. The molecule has 5 N–H and O–H groups in total. The van der Waals surface area contributed by atoms with E-state index in [2.05, 4.69) is 0 Å². The maximum Gasteiger partial charge on any atom is 0.228 e. The fraction of sp³-hybridized carbons (Fsp3) is 0.125. The largest absolute Gasteiger partial charge is 0.595 e. The number of benzene rings is 1. The highest BCUT2D eigenvalue weighted by Gasteiger charge is 2.37. The standard InChI is InChI=1S/C16H13N3O6/c17-6-10-13(9-3-1-2-4-11(9)19(22)23)15-14(25-16(10)18)12(21)5-8(7-20)24-15/h1-5,13,19-20,22H,7,18H2. The maximum atomic E-state index is 12.2. The van der Waals surface area contributed by atoms with Gasteiger partial charge in [0, 0.05) is 17.7 Å². The number of nitrogens with one attached hydrogen (secondary N) is 1. The van der Waals surface area contributed by atoms with Gasteiger partial charge >= 0.3 is 0 Å². The Hall–Kier alpha value is -3.16. The molecular weight excluding hydrogens is 330 g/mol. The monoisotopic (exact) mass is 343 g/mol. The molecule has 2 atom stereocenters. The van der Waals surface area contributed by atoms with Crippen LogP contribution in [0.25, 0.3) is 0 Å². The number of aliphatic hydroxyl groups excluding tert-OH is 1. The second kappa shape index (κ2) is 6.39. The zero-order valence-corrected chi connectivity index (χ0v) is 12.7. The Morgan fingerprint density at radius 2 is 2.12 bits per heavy atom. The fourth-order valence-electron chi connectivity index (χ4n) is 2.72. The highest BCUT2D eigenvalue weighted by atomic mass is 16.8. The Morgan fingerprint density at radius 1 is 1.40 bits per heavy atom. The molecule has 0 bridgehead atoms. The lowest BCUT2D eigenvalue weighted by Gasteiger charge is -2.26. The summed E-state index contributed by atoms with van der Waals surface area (Å²) in [6.45, 7) is -0.545. The van der Waals surface area contributed by atoms with Gasteiger partial charge in [-0.15, -0.1) is 0 Å². The lowest BCUT2D eigenvalue weighted by atomic mass is 9.86. The first-order valence-electron chi connectivity index (χ1n) is 7.15. The number of para-hydroxylation sites is 1. The second-order valence-electron chi connectivity index (χ2n) is 5.25. The Bertz CT molecular complexity index is 957. The number of nitrogens with zero attached hydrogens (tertiary/aromatic N) is 1. The number of allylic oxidation sites excluding steroid dienone is 1. The molecule has 3 rings (SSSR count). The number of fused-ring (bicyclic) bond motifs is 1. The van der Waals surface area contributed by atoms with E-state index in [1.807, 2.05) is 6.07 Å². The summed E-state index contributed by atoms with van der Waals surface area (Å²) in [6.07, 6.45) is 0. The van der Waals surface area contributed by atoms with E-state index in [1.54, 1.807) is 6.07 Å². The van der Waals surface area contributed by atoms with Crippen LogP contribution in [-0.4, -0.2) is 10.3 Å². The minimum atomic E-state index is -1.21. The third kappa shape index (κ3) is 2.75. The zero-order valence-electron chi connectivity index (χ0n) is 12.7. The smallest absolute Gasteiger partial charge is 0.228 e. The van der Waals surface area contributed by atoms with Crippen LogP contribution in [0.15, 0.2) is 51.0 Å². The molecular formula is C16H13N3O6. The molecule has 2 heterocycles. The minimum Gasteiger partial charge on any atom is -0.595 e. The van der Waals surface area contributed by atoms with Gasteiger partial charge in [-0.2, -0.15) is 10.5 Å². The van der Waals surface area contributed by atoms with Gasteiger partial charge in [-0.05, 0) is 0 Å². The molecule has 1 aromatic carbocycles. The van der Waals surface area contributed by atoms with Gasteiger partial charge in [-0.1, -0.05) is 18.2 Å². The molecule has 2 aromatic rings. The van der Waals surface area contributed by atoms with Crippen LogP contribution in [0.1, 0.15) is 23.0 Å². The number of rotatable bonds is 3. The molecule has 128 valence electrons. The number of nitrogens with two attached hydrogens (primary N) is 1. The molecule has 2 unspecified atom stereocenters. The molecule has 1 aliphatic rings. The molecule has 9 nitrogen and oxygen atoms in total. The summed E-state index contributed by atoms with van der Waals surface area (Å²) >= 11 is 0. The molecule has 0 radical (unpaired) electrons. The first kappa shape index (κ1) is 16.7. The molecule has 0 aliphatic carbocycles. The predicted molar refractivity (Wildman–Crippen MR) is 82.4 cm³/mol. The number of quaternary nitrogens is 1. The maximum absolute atomic E-state index is 12.2. The molecule has 25 heavy (non-hydrogen) atoms. The van der Waals surface area contributed by atoms with E-state index in [4.69, 9.17) is 14.9 Å². The van der Waals surface area contributed by atoms with Crippen molar-refractivity contribution in [1.82, 2.24) is 0 Å². The van der Waals surface area contributed by atoms with Gasteiger partial charge in [0.2, 0.25) is 17.1 Å². The van der Waals surface area contributed by atoms with E-state index in [1.165, 1.54) is 18.2 Å². The van der Waals surface area contributed by atoms with E-state index in [-0.39, 0.29) is 40.0 Å². The van der Waals surface area contributed by atoms with Crippen LogP contribution in [0, 0.1) is 16.5 Å². The van der Waals surface area contributed by atoms with Crippen LogP contribution >= 0.6 is 0 Å². The van der Waals surface area contributed by atoms with Crippen LogP contribution in [0.3, 0.4) is 0 Å². The van der Waals surface area contributed by atoms with Gasteiger partial charge in [0.05, 0.1) is 5.92 Å². The van der Waals surface area contributed by atoms with Crippen LogP contribution in [0.2, 0.25) is 0 Å². The molecule has 0 saturated carbocycles. The molecule has 0 amide bonds. The van der Waals surface area contributed by atoms with E-state index in [0.717, 1.165) is 6.07 Å². The highest BCUT2D eigenvalue weighted by Crippen LogP contribution is 2.42. The topological polar surface area (TPSA) is 157 Å². The fourth-order valence-corrected chi connectivity index (χ4v) is 2.72. The quantitative estimate of drug-likeness (QED) is 0.556. The number of hydrogen-bond acceptors (Lipinski definition) is 8. The number of aliphatic hydroxyl groups is 1. The molecule has 9 heteroatoms. The Labute approximate surface area is 140 Å². The van der Waals surface area contributed by atoms with Crippen LogP contribution < -0.4 is 21.1 Å². The molecule has 0 spiro atoms. The number of hydrogen-bond donors (Lipinski definition) is 4. The van der Waals surface area contributed by atoms with E-state index in [9.17, 15) is 25.6 Å². The van der Waals surface area contributed by atoms with Crippen molar-refractivity contribution >= 4 is 5.69 Å². The van der Waals surface area contributed by atoms with Crippen molar-refractivity contribution in [2.45, 2.75) is 12.5 Å². The van der Waals surface area contributed by atoms with E-state index < -0.39 is 23.2 Å². The van der Waals surface area contributed by atoms with Crippen molar-refractivity contribution in [3.63, 3.8) is 0 Å². The average Bonchev–Trinajstić information content (AvgIpc) is 2.61. The lowest BCUT2D eigenvalue weighted by Crippen LogP contribution is -2.99. The molecule has 1 aromatic heterocycles. The van der Waals surface area contributed by atoms with Gasteiger partial charge in [-0.25, -0.2) is 5.21 Å². The van der Waals surface area contributed by atoms with Gasteiger partial charge in [0.1, 0.15) is 24.0 Å². The third-order valence-corrected chi connectivity index (χ3v) is 3.79. The van der Waals surface area contributed by atoms with Crippen molar-refractivity contribution < 1.29 is 24.7 Å². The molecule has 0 saturated heterocycles. The molecule has 0 fully saturated rings. The van der Waals surface area contributed by atoms with E-state index in [0.29, 0.717) is 0 Å². The Kier molecular flexibility index (Phi) is 4.26. The first-order chi connectivity index (χ1) is 12.0. The van der Waals surface area contributed by atoms with Crippen molar-refractivity contribution in [3.8, 4) is 11.8 Å². The second-order valence-corrected chi connectivity index (χ2v) is 5.25. The Morgan fingerprint density at radius 3 is 2.76 bits per heavy atom. The number of ether oxygens (including phenoxy) is 1. The van der Waals surface area contributed by atoms with Gasteiger partial charge in [0.25, 0.3) is 0 Å². The first-order valence-corrected chi connectivity index (χ1v) is 7.15. The predicted octanol–water partition coefficient (Wildman–Crippen LogP) is -0.246. The van der Waals surface area contributed by atoms with E-state index >= 15 is 0 Å². The summed E-state index contributed by atoms with van der Waals surface area (Å²) in [6, 6.07) is 8.92. The normalized spacial score (nSPS) is 17.4. The zero-order chi connectivity index (χ0) is 18.1. The molecule has 1 aliphatic heterocycles. The van der Waals surface area contributed by atoms with Crippen LogP contribution in [-0.2, 0) is 6.61 Å². The summed E-state index contributed by atoms with van der Waals surface area (Å²) in [7, 11) is 0. The van der Waals surface area contributed by atoms with Gasteiger partial charge in [-0.3, -0.25) is 4.79 Å². The van der Waals surface area contributed by atoms with Crippen LogP contribution in [0.4, 0.5) is 5.69 Å².